The summed E-state index contributed by atoms with van der Waals surface area (Å²) in [6, 6.07) is 11.0. The average molecular weight is 282 g/mol. The van der Waals surface area contributed by atoms with E-state index >= 15 is 0 Å². The molecule has 1 aromatic rings. The van der Waals surface area contributed by atoms with Crippen LogP contribution in [0.2, 0.25) is 0 Å². The number of sulfonamides is 1. The highest BCUT2D eigenvalue weighted by molar-refractivity contribution is 7.88. The monoisotopic (exact) mass is 282 g/mol. The van der Waals surface area contributed by atoms with Crippen LogP contribution >= 0.6 is 0 Å². The first-order valence-corrected chi connectivity index (χ1v) is 7.58. The van der Waals surface area contributed by atoms with E-state index in [1.807, 2.05) is 12.1 Å². The van der Waals surface area contributed by atoms with Gasteiger partial charge < -0.3 is 4.74 Å². The summed E-state index contributed by atoms with van der Waals surface area (Å²) >= 11 is 0. The minimum absolute atomic E-state index is 0.0526. The van der Waals surface area contributed by atoms with Crippen molar-refractivity contribution in [1.29, 1.82) is 5.26 Å². The number of benzene rings is 1. The van der Waals surface area contributed by atoms with Gasteiger partial charge >= 0.3 is 0 Å². The first-order chi connectivity index (χ1) is 9.10. The molecule has 6 heteroatoms. The maximum atomic E-state index is 12.3. The fraction of sp³-hybridized carbons (Fsp3) is 0.462. The molecule has 0 aliphatic carbocycles. The Morgan fingerprint density at radius 2 is 1.95 bits per heavy atom. The van der Waals surface area contributed by atoms with Crippen LogP contribution in [-0.2, 0) is 20.5 Å². The van der Waals surface area contributed by atoms with E-state index in [9.17, 15) is 8.42 Å². The van der Waals surface area contributed by atoms with Crippen LogP contribution in [0.1, 0.15) is 12.0 Å². The van der Waals surface area contributed by atoms with Gasteiger partial charge in [-0.15, -0.1) is 0 Å². The number of hydrogen-bond acceptors (Lipinski definition) is 4. The van der Waals surface area contributed by atoms with E-state index < -0.39 is 10.0 Å². The maximum Gasteiger partial charge on any atom is 0.218 e. The van der Waals surface area contributed by atoms with E-state index in [1.54, 1.807) is 24.3 Å². The molecule has 0 aliphatic rings. The van der Waals surface area contributed by atoms with Gasteiger partial charge in [0, 0.05) is 26.6 Å². The molecule has 0 aliphatic heterocycles. The number of hydrogen-bond donors (Lipinski definition) is 0. The van der Waals surface area contributed by atoms with Gasteiger partial charge in [-0.05, 0) is 5.56 Å². The topological polar surface area (TPSA) is 70.4 Å². The maximum absolute atomic E-state index is 12.3. The van der Waals surface area contributed by atoms with Crippen molar-refractivity contribution in [3.63, 3.8) is 0 Å². The van der Waals surface area contributed by atoms with Crippen molar-refractivity contribution >= 4 is 10.0 Å². The Bertz CT molecular complexity index is 508. The second-order valence-corrected chi connectivity index (χ2v) is 6.01. The zero-order valence-corrected chi connectivity index (χ0v) is 11.8. The molecule has 0 unspecified atom stereocenters. The predicted molar refractivity (Wildman–Crippen MR) is 72.7 cm³/mol. The van der Waals surface area contributed by atoms with E-state index in [-0.39, 0.29) is 25.3 Å². The molecule has 104 valence electrons. The van der Waals surface area contributed by atoms with Crippen LogP contribution in [-0.4, -0.2) is 39.5 Å². The number of nitriles is 1. The lowest BCUT2D eigenvalue weighted by Gasteiger charge is -2.20. The van der Waals surface area contributed by atoms with Gasteiger partial charge in [-0.3, -0.25) is 0 Å². The third kappa shape index (κ3) is 5.39. The van der Waals surface area contributed by atoms with Crippen molar-refractivity contribution in [2.45, 2.75) is 12.2 Å². The summed E-state index contributed by atoms with van der Waals surface area (Å²) in [6.45, 7) is 0.793. The van der Waals surface area contributed by atoms with Gasteiger partial charge in [-0.2, -0.15) is 9.57 Å². The SMILES string of the molecule is COCCN(CCC#N)S(=O)(=O)Cc1ccccc1. The summed E-state index contributed by atoms with van der Waals surface area (Å²) in [5, 5.41) is 8.59. The Balaban J connectivity index is 2.77. The highest BCUT2D eigenvalue weighted by Crippen LogP contribution is 2.11. The molecule has 0 bridgehead atoms. The van der Waals surface area contributed by atoms with Gasteiger partial charge in [-0.25, -0.2) is 8.42 Å². The zero-order valence-electron chi connectivity index (χ0n) is 10.9. The lowest BCUT2D eigenvalue weighted by atomic mass is 10.2. The molecule has 19 heavy (non-hydrogen) atoms. The molecule has 0 amide bonds. The normalized spacial score (nSPS) is 11.4. The molecular formula is C13H18N2O3S. The zero-order chi connectivity index (χ0) is 14.1. The van der Waals surface area contributed by atoms with Crippen LogP contribution in [0, 0.1) is 11.3 Å². The summed E-state index contributed by atoms with van der Waals surface area (Å²) in [5.41, 5.74) is 0.738. The van der Waals surface area contributed by atoms with Crippen molar-refractivity contribution in [3.05, 3.63) is 35.9 Å². The van der Waals surface area contributed by atoms with Gasteiger partial charge in [0.15, 0.2) is 0 Å². The Labute approximate surface area is 114 Å². The molecule has 0 radical (unpaired) electrons. The summed E-state index contributed by atoms with van der Waals surface area (Å²) < 4.78 is 30.8. The number of ether oxygens (including phenoxy) is 1. The Hall–Kier alpha value is -1.42. The lowest BCUT2D eigenvalue weighted by Crippen LogP contribution is -2.35. The summed E-state index contributed by atoms with van der Waals surface area (Å²) in [6.07, 6.45) is 0.178. The predicted octanol–water partition coefficient (Wildman–Crippen LogP) is 1.38. The van der Waals surface area contributed by atoms with Crippen LogP contribution in [0.4, 0.5) is 0 Å². The molecule has 0 atom stereocenters. The lowest BCUT2D eigenvalue weighted by molar-refractivity contribution is 0.179. The van der Waals surface area contributed by atoms with Crippen molar-refractivity contribution in [3.8, 4) is 6.07 Å². The standard InChI is InChI=1S/C13H18N2O3S/c1-18-11-10-15(9-5-8-14)19(16,17)12-13-6-3-2-4-7-13/h2-4,6-7H,5,9-12H2,1H3. The van der Waals surface area contributed by atoms with Crippen LogP contribution in [0.5, 0.6) is 0 Å². The Morgan fingerprint density at radius 1 is 1.26 bits per heavy atom. The average Bonchev–Trinajstić information content (AvgIpc) is 2.39. The van der Waals surface area contributed by atoms with Gasteiger partial charge in [-0.1, -0.05) is 30.3 Å². The van der Waals surface area contributed by atoms with Crippen molar-refractivity contribution in [2.75, 3.05) is 26.8 Å². The molecule has 5 nitrogen and oxygen atoms in total. The van der Waals surface area contributed by atoms with E-state index in [2.05, 4.69) is 0 Å². The first-order valence-electron chi connectivity index (χ1n) is 5.98. The second kappa shape index (κ2) is 7.89. The molecular weight excluding hydrogens is 264 g/mol. The summed E-state index contributed by atoms with van der Waals surface area (Å²) in [5.74, 6) is -0.0526. The van der Waals surface area contributed by atoms with Crippen molar-refractivity contribution in [1.82, 2.24) is 4.31 Å². The highest BCUT2D eigenvalue weighted by Gasteiger charge is 2.21. The molecule has 0 fully saturated rings. The fourth-order valence-corrected chi connectivity index (χ4v) is 3.15. The van der Waals surface area contributed by atoms with Gasteiger partial charge in [0.1, 0.15) is 0 Å². The van der Waals surface area contributed by atoms with E-state index in [1.165, 1.54) is 11.4 Å². The molecule has 0 saturated heterocycles. The van der Waals surface area contributed by atoms with Crippen molar-refractivity contribution < 1.29 is 13.2 Å². The van der Waals surface area contributed by atoms with Crippen molar-refractivity contribution in [2.24, 2.45) is 0 Å². The molecule has 0 aromatic heterocycles. The molecule has 0 heterocycles. The minimum Gasteiger partial charge on any atom is -0.383 e. The summed E-state index contributed by atoms with van der Waals surface area (Å²) in [7, 11) is -1.90. The first kappa shape index (κ1) is 15.6. The molecule has 0 N–H and O–H groups in total. The molecule has 1 aromatic carbocycles. The third-order valence-electron chi connectivity index (χ3n) is 2.60. The quantitative estimate of drug-likeness (QED) is 0.722. The van der Waals surface area contributed by atoms with Gasteiger partial charge in [0.25, 0.3) is 0 Å². The van der Waals surface area contributed by atoms with Crippen LogP contribution < -0.4 is 0 Å². The van der Waals surface area contributed by atoms with E-state index in [4.69, 9.17) is 10.00 Å². The minimum atomic E-state index is -3.42. The van der Waals surface area contributed by atoms with E-state index in [0.717, 1.165) is 5.56 Å². The molecule has 0 saturated carbocycles. The third-order valence-corrected chi connectivity index (χ3v) is 4.45. The Morgan fingerprint density at radius 3 is 2.53 bits per heavy atom. The highest BCUT2D eigenvalue weighted by atomic mass is 32.2. The number of rotatable bonds is 8. The van der Waals surface area contributed by atoms with Crippen LogP contribution in [0.15, 0.2) is 30.3 Å². The Kier molecular flexibility index (Phi) is 6.50. The number of nitrogens with zero attached hydrogens (tertiary/aromatic N) is 2. The summed E-state index contributed by atoms with van der Waals surface area (Å²) in [4.78, 5) is 0. The van der Waals surface area contributed by atoms with Gasteiger partial charge in [0.05, 0.1) is 18.4 Å². The van der Waals surface area contributed by atoms with Gasteiger partial charge in [0.2, 0.25) is 10.0 Å². The second-order valence-electron chi connectivity index (χ2n) is 4.04. The van der Waals surface area contributed by atoms with Crippen LogP contribution in [0.3, 0.4) is 0 Å². The number of methoxy groups -OCH3 is 1. The largest absolute Gasteiger partial charge is 0.383 e. The van der Waals surface area contributed by atoms with Crippen LogP contribution in [0.25, 0.3) is 0 Å². The fourth-order valence-electron chi connectivity index (χ4n) is 1.63. The molecule has 0 spiro atoms. The van der Waals surface area contributed by atoms with E-state index in [0.29, 0.717) is 6.61 Å². The molecule has 1 rings (SSSR count). The smallest absolute Gasteiger partial charge is 0.218 e.